The molecule has 0 aromatic heterocycles. The number of hydrogen-bond acceptors (Lipinski definition) is 5. The number of aromatic hydroxyl groups is 1. The van der Waals surface area contributed by atoms with Gasteiger partial charge in [0.25, 0.3) is 5.91 Å². The lowest BCUT2D eigenvalue weighted by atomic mass is 10.1. The smallest absolute Gasteiger partial charge is 0.271 e. The second-order valence-corrected chi connectivity index (χ2v) is 5.82. The molecule has 0 bridgehead atoms. The molecule has 0 aliphatic heterocycles. The zero-order chi connectivity index (χ0) is 19.1. The maximum atomic E-state index is 12.1. The lowest BCUT2D eigenvalue weighted by molar-refractivity contribution is -0.118. The Labute approximate surface area is 151 Å². The fraction of sp³-hybridized carbons (Fsp3) is 0.211. The third-order valence-electron chi connectivity index (χ3n) is 3.56. The number of nitrogens with zero attached hydrogens (tertiary/aromatic N) is 1. The molecule has 0 radical (unpaired) electrons. The molecular weight excluding hydrogens is 334 g/mol. The molecule has 0 aliphatic rings. The van der Waals surface area contributed by atoms with Crippen LogP contribution < -0.4 is 15.5 Å². The molecule has 2 amide bonds. The van der Waals surface area contributed by atoms with Crippen molar-refractivity contribution in [3.63, 3.8) is 0 Å². The second-order valence-electron chi connectivity index (χ2n) is 5.82. The molecule has 26 heavy (non-hydrogen) atoms. The van der Waals surface area contributed by atoms with Crippen molar-refractivity contribution in [1.82, 2.24) is 5.43 Å². The standard InChI is InChI=1S/C19H21N3O4/c1-12(2)18(24)21-15-9-7-13(8-10-15)19(25)22-20-11-14-5-4-6-16(26-3)17(14)23/h4-12,23H,1-3H3,(H,21,24)(H,22,25)/b20-11+. The van der Waals surface area contributed by atoms with Gasteiger partial charge in [0.2, 0.25) is 5.91 Å². The number of hydrogen-bond donors (Lipinski definition) is 3. The van der Waals surface area contributed by atoms with Gasteiger partial charge >= 0.3 is 0 Å². The number of ether oxygens (including phenoxy) is 1. The summed E-state index contributed by atoms with van der Waals surface area (Å²) < 4.78 is 5.01. The topological polar surface area (TPSA) is 100 Å². The van der Waals surface area contributed by atoms with E-state index in [2.05, 4.69) is 15.8 Å². The highest BCUT2D eigenvalue weighted by molar-refractivity contribution is 5.96. The van der Waals surface area contributed by atoms with Crippen LogP contribution >= 0.6 is 0 Å². The van der Waals surface area contributed by atoms with Crippen LogP contribution in [-0.4, -0.2) is 30.2 Å². The fourth-order valence-electron chi connectivity index (χ4n) is 2.02. The molecule has 0 saturated heterocycles. The molecule has 0 fully saturated rings. The van der Waals surface area contributed by atoms with Gasteiger partial charge in [-0.15, -0.1) is 0 Å². The number of rotatable bonds is 6. The molecule has 136 valence electrons. The summed E-state index contributed by atoms with van der Waals surface area (Å²) in [7, 11) is 1.45. The Bertz CT molecular complexity index is 814. The second kappa shape index (κ2) is 8.66. The van der Waals surface area contributed by atoms with Crippen molar-refractivity contribution >= 4 is 23.7 Å². The zero-order valence-corrected chi connectivity index (χ0v) is 14.8. The summed E-state index contributed by atoms with van der Waals surface area (Å²) in [5.41, 5.74) is 3.80. The van der Waals surface area contributed by atoms with Crippen molar-refractivity contribution in [2.75, 3.05) is 12.4 Å². The Hall–Kier alpha value is -3.35. The Balaban J connectivity index is 1.99. The Kier molecular flexibility index (Phi) is 6.32. The average Bonchev–Trinajstić information content (AvgIpc) is 2.63. The first kappa shape index (κ1) is 19.0. The third-order valence-corrected chi connectivity index (χ3v) is 3.56. The molecule has 7 nitrogen and oxygen atoms in total. The van der Waals surface area contributed by atoms with Crippen molar-refractivity contribution in [3.8, 4) is 11.5 Å². The summed E-state index contributed by atoms with van der Waals surface area (Å²) in [6.45, 7) is 3.60. The number of carbonyl (C=O) groups excluding carboxylic acids is 2. The summed E-state index contributed by atoms with van der Waals surface area (Å²) >= 11 is 0. The number of anilines is 1. The third kappa shape index (κ3) is 4.83. The van der Waals surface area contributed by atoms with Crippen LogP contribution in [-0.2, 0) is 4.79 Å². The molecule has 0 aliphatic carbocycles. The Morgan fingerprint density at radius 2 is 1.85 bits per heavy atom. The van der Waals surface area contributed by atoms with E-state index < -0.39 is 5.91 Å². The van der Waals surface area contributed by atoms with E-state index in [0.29, 0.717) is 22.6 Å². The van der Waals surface area contributed by atoms with Crippen molar-refractivity contribution in [2.45, 2.75) is 13.8 Å². The van der Waals surface area contributed by atoms with E-state index in [1.165, 1.54) is 13.3 Å². The highest BCUT2D eigenvalue weighted by Crippen LogP contribution is 2.27. The van der Waals surface area contributed by atoms with Crippen LogP contribution in [0, 0.1) is 5.92 Å². The van der Waals surface area contributed by atoms with Gasteiger partial charge in [-0.2, -0.15) is 5.10 Å². The summed E-state index contributed by atoms with van der Waals surface area (Å²) in [4.78, 5) is 23.7. The highest BCUT2D eigenvalue weighted by Gasteiger charge is 2.09. The van der Waals surface area contributed by atoms with Crippen LogP contribution in [0.5, 0.6) is 11.5 Å². The molecular formula is C19H21N3O4. The van der Waals surface area contributed by atoms with Crippen LogP contribution in [0.2, 0.25) is 0 Å². The van der Waals surface area contributed by atoms with E-state index in [1.54, 1.807) is 56.3 Å². The first-order valence-electron chi connectivity index (χ1n) is 8.02. The van der Waals surface area contributed by atoms with E-state index >= 15 is 0 Å². The van der Waals surface area contributed by atoms with E-state index in [0.717, 1.165) is 0 Å². The molecule has 0 spiro atoms. The van der Waals surface area contributed by atoms with Gasteiger partial charge in [-0.05, 0) is 36.4 Å². The lowest BCUT2D eigenvalue weighted by Gasteiger charge is -2.08. The van der Waals surface area contributed by atoms with E-state index in [4.69, 9.17) is 4.74 Å². The monoisotopic (exact) mass is 355 g/mol. The SMILES string of the molecule is COc1cccc(/C=N/NC(=O)c2ccc(NC(=O)C(C)C)cc2)c1O. The minimum atomic E-state index is -0.412. The summed E-state index contributed by atoms with van der Waals surface area (Å²) in [5, 5.41) is 16.5. The lowest BCUT2D eigenvalue weighted by Crippen LogP contribution is -2.19. The van der Waals surface area contributed by atoms with Gasteiger partial charge in [0.1, 0.15) is 0 Å². The maximum Gasteiger partial charge on any atom is 0.271 e. The van der Waals surface area contributed by atoms with E-state index in [1.807, 2.05) is 0 Å². The molecule has 2 aromatic carbocycles. The van der Waals surface area contributed by atoms with Gasteiger partial charge in [0.05, 0.1) is 13.3 Å². The van der Waals surface area contributed by atoms with Crippen LogP contribution in [0.1, 0.15) is 29.8 Å². The number of carbonyl (C=O) groups is 2. The Morgan fingerprint density at radius 1 is 1.15 bits per heavy atom. The molecule has 0 unspecified atom stereocenters. The minimum Gasteiger partial charge on any atom is -0.504 e. The first-order chi connectivity index (χ1) is 12.4. The molecule has 0 heterocycles. The summed E-state index contributed by atoms with van der Waals surface area (Å²) in [5.74, 6) is -0.367. The number of para-hydroxylation sites is 1. The van der Waals surface area contributed by atoms with E-state index in [9.17, 15) is 14.7 Å². The average molecular weight is 355 g/mol. The van der Waals surface area contributed by atoms with Gasteiger partial charge in [0.15, 0.2) is 11.5 Å². The van der Waals surface area contributed by atoms with Gasteiger partial charge in [-0.3, -0.25) is 9.59 Å². The highest BCUT2D eigenvalue weighted by atomic mass is 16.5. The molecule has 0 saturated carbocycles. The largest absolute Gasteiger partial charge is 0.504 e. The summed E-state index contributed by atoms with van der Waals surface area (Å²) in [6.07, 6.45) is 1.33. The van der Waals surface area contributed by atoms with E-state index in [-0.39, 0.29) is 17.6 Å². The molecule has 7 heteroatoms. The molecule has 0 atom stereocenters. The van der Waals surface area contributed by atoms with Gasteiger partial charge in [-0.1, -0.05) is 19.9 Å². The predicted octanol–water partition coefficient (Wildman–Crippen LogP) is 2.76. The van der Waals surface area contributed by atoms with Crippen LogP contribution in [0.25, 0.3) is 0 Å². The van der Waals surface area contributed by atoms with Crippen molar-refractivity contribution in [1.29, 1.82) is 0 Å². The van der Waals surface area contributed by atoms with Crippen molar-refractivity contribution < 1.29 is 19.4 Å². The number of nitrogens with one attached hydrogen (secondary N) is 2. The van der Waals surface area contributed by atoms with Crippen LogP contribution in [0.3, 0.4) is 0 Å². The number of hydrazone groups is 1. The number of phenols is 1. The predicted molar refractivity (Wildman–Crippen MR) is 99.6 cm³/mol. The minimum absolute atomic E-state index is 0.0572. The number of benzene rings is 2. The molecule has 2 rings (SSSR count). The zero-order valence-electron chi connectivity index (χ0n) is 14.8. The van der Waals surface area contributed by atoms with Crippen LogP contribution in [0.4, 0.5) is 5.69 Å². The maximum absolute atomic E-state index is 12.1. The van der Waals surface area contributed by atoms with Crippen LogP contribution in [0.15, 0.2) is 47.6 Å². The molecule has 3 N–H and O–H groups in total. The van der Waals surface area contributed by atoms with Gasteiger partial charge < -0.3 is 15.2 Å². The van der Waals surface area contributed by atoms with Gasteiger partial charge in [0, 0.05) is 22.7 Å². The number of amides is 2. The fourth-order valence-corrected chi connectivity index (χ4v) is 2.02. The first-order valence-corrected chi connectivity index (χ1v) is 8.02. The number of methoxy groups -OCH3 is 1. The quantitative estimate of drug-likeness (QED) is 0.548. The van der Waals surface area contributed by atoms with Crippen molar-refractivity contribution in [3.05, 3.63) is 53.6 Å². The molecule has 2 aromatic rings. The van der Waals surface area contributed by atoms with Crippen molar-refractivity contribution in [2.24, 2.45) is 11.0 Å². The summed E-state index contributed by atoms with van der Waals surface area (Å²) in [6, 6.07) is 11.4. The number of phenolic OH excluding ortho intramolecular Hbond substituents is 1. The van der Waals surface area contributed by atoms with Gasteiger partial charge in [-0.25, -0.2) is 5.43 Å². The Morgan fingerprint density at radius 3 is 2.46 bits per heavy atom. The normalized spacial score (nSPS) is 10.8.